The van der Waals surface area contributed by atoms with Crippen LogP contribution in [0.1, 0.15) is 32.1 Å². The van der Waals surface area contributed by atoms with E-state index in [0.717, 1.165) is 12.5 Å². The molecule has 2 rings (SSSR count). The van der Waals surface area contributed by atoms with Gasteiger partial charge in [0.25, 0.3) is 5.91 Å². The molecule has 2 fully saturated rings. The summed E-state index contributed by atoms with van der Waals surface area (Å²) in [5.41, 5.74) is -0.349. The normalized spacial score (nSPS) is 25.0. The molecule has 1 spiro atoms. The van der Waals surface area contributed by atoms with Crippen molar-refractivity contribution in [2.45, 2.75) is 37.0 Å². The number of aliphatic hydroxyl groups excluding tert-OH is 1. The van der Waals surface area contributed by atoms with E-state index < -0.39 is 37.4 Å². The highest BCUT2D eigenvalue weighted by Gasteiger charge is 2.58. The molecule has 1 saturated heterocycles. The van der Waals surface area contributed by atoms with Gasteiger partial charge in [-0.15, -0.1) is 0 Å². The molecule has 0 aromatic rings. The molecule has 1 aliphatic heterocycles. The quantitative estimate of drug-likeness (QED) is 0.381. The molecule has 0 bridgehead atoms. The third-order valence-corrected chi connectivity index (χ3v) is 6.45. The first-order valence-electron chi connectivity index (χ1n) is 7.32. The number of likely N-dealkylation sites (N-methyl/N-ethyl adjacent to an activating group) is 1. The molecule has 0 aromatic heterocycles. The summed E-state index contributed by atoms with van der Waals surface area (Å²) in [4.78, 5) is 21.8. The zero-order valence-corrected chi connectivity index (χ0v) is 13.8. The Morgan fingerprint density at radius 1 is 1.22 bits per heavy atom. The highest BCUT2D eigenvalue weighted by molar-refractivity contribution is 7.97. The summed E-state index contributed by atoms with van der Waals surface area (Å²) in [6.07, 6.45) is 3.55. The van der Waals surface area contributed by atoms with Crippen molar-refractivity contribution >= 4 is 21.7 Å². The van der Waals surface area contributed by atoms with Crippen molar-refractivity contribution in [3.63, 3.8) is 0 Å². The molecule has 1 aliphatic carbocycles. The van der Waals surface area contributed by atoms with E-state index in [9.17, 15) is 23.1 Å². The Balaban J connectivity index is 2.54. The lowest BCUT2D eigenvalue weighted by atomic mass is 9.97. The molecule has 2 aliphatic rings. The summed E-state index contributed by atoms with van der Waals surface area (Å²) in [5.74, 6) is -2.25. The van der Waals surface area contributed by atoms with Crippen molar-refractivity contribution in [2.24, 2.45) is 0 Å². The minimum absolute atomic E-state index is 0.245. The Labute approximate surface area is 134 Å². The van der Waals surface area contributed by atoms with Gasteiger partial charge in [-0.2, -0.15) is 0 Å². The van der Waals surface area contributed by atoms with Gasteiger partial charge in [0.05, 0.1) is 0 Å². The molecule has 1 amide bonds. The van der Waals surface area contributed by atoms with E-state index >= 15 is 0 Å². The predicted molar refractivity (Wildman–Crippen MR) is 81.7 cm³/mol. The van der Waals surface area contributed by atoms with Gasteiger partial charge in [-0.05, 0) is 18.9 Å². The molecule has 23 heavy (non-hydrogen) atoms. The van der Waals surface area contributed by atoms with Gasteiger partial charge < -0.3 is 20.5 Å². The van der Waals surface area contributed by atoms with E-state index in [2.05, 4.69) is 10.6 Å². The Bertz CT molecular complexity index is 686. The van der Waals surface area contributed by atoms with Gasteiger partial charge in [0.1, 0.15) is 5.57 Å². The molecule has 1 heterocycles. The molecule has 0 radical (unpaired) electrons. The molecule has 3 N–H and O–H groups in total. The SMILES string of the molecule is CNC(=O)C(/C=C1\C(=O)OC2(CCCCC2)S1(=O)=O)=C(/O)NC. The summed E-state index contributed by atoms with van der Waals surface area (Å²) >= 11 is 0. The van der Waals surface area contributed by atoms with Gasteiger partial charge in [-0.1, -0.05) is 6.42 Å². The van der Waals surface area contributed by atoms with Gasteiger partial charge in [-0.3, -0.25) is 4.79 Å². The fourth-order valence-corrected chi connectivity index (χ4v) is 4.77. The van der Waals surface area contributed by atoms with E-state index in [1.54, 1.807) is 0 Å². The molecule has 8 nitrogen and oxygen atoms in total. The number of sulfone groups is 1. The molecule has 9 heteroatoms. The molecule has 128 valence electrons. The van der Waals surface area contributed by atoms with Crippen LogP contribution in [0.3, 0.4) is 0 Å². The number of esters is 1. The van der Waals surface area contributed by atoms with Gasteiger partial charge in [0, 0.05) is 26.9 Å². The average molecular weight is 344 g/mol. The van der Waals surface area contributed by atoms with Gasteiger partial charge in [0.15, 0.2) is 10.8 Å². The maximum atomic E-state index is 12.8. The standard InChI is InChI=1S/C14H20N2O6S/c1-15-11(17)9(12(18)16-2)8-10-13(19)22-14(23(10,20)21)6-4-3-5-7-14/h8,15,17H,3-7H2,1-2H3,(H,16,18)/b10-8+,11-9+. The Morgan fingerprint density at radius 2 is 1.83 bits per heavy atom. The van der Waals surface area contributed by atoms with Crippen LogP contribution in [0, 0.1) is 0 Å². The summed E-state index contributed by atoms with van der Waals surface area (Å²) in [7, 11) is -1.35. The van der Waals surface area contributed by atoms with E-state index in [0.29, 0.717) is 12.8 Å². The summed E-state index contributed by atoms with van der Waals surface area (Å²) in [6, 6.07) is 0. The topological polar surface area (TPSA) is 122 Å². The Kier molecular flexibility index (Phi) is 4.69. The number of hydrogen-bond donors (Lipinski definition) is 3. The van der Waals surface area contributed by atoms with Gasteiger partial charge >= 0.3 is 5.97 Å². The molecular weight excluding hydrogens is 324 g/mol. The van der Waals surface area contributed by atoms with Crippen molar-refractivity contribution in [3.8, 4) is 0 Å². The first-order valence-corrected chi connectivity index (χ1v) is 8.80. The minimum atomic E-state index is -4.04. The van der Waals surface area contributed by atoms with Gasteiger partial charge in [-0.25, -0.2) is 13.2 Å². The van der Waals surface area contributed by atoms with Crippen LogP contribution >= 0.6 is 0 Å². The van der Waals surface area contributed by atoms with Crippen LogP contribution in [0.4, 0.5) is 0 Å². The molecular formula is C14H20N2O6S. The van der Waals surface area contributed by atoms with E-state index in [1.165, 1.54) is 14.1 Å². The average Bonchev–Trinajstić information content (AvgIpc) is 2.71. The number of rotatable bonds is 3. The van der Waals surface area contributed by atoms with E-state index in [-0.39, 0.29) is 18.4 Å². The lowest BCUT2D eigenvalue weighted by Gasteiger charge is -2.29. The summed E-state index contributed by atoms with van der Waals surface area (Å²) in [6.45, 7) is 0. The second-order valence-electron chi connectivity index (χ2n) is 5.46. The fourth-order valence-electron chi connectivity index (χ4n) is 2.82. The first kappa shape index (κ1) is 17.3. The molecule has 0 atom stereocenters. The third kappa shape index (κ3) is 2.80. The number of amides is 1. The van der Waals surface area contributed by atoms with Crippen LogP contribution in [-0.4, -0.2) is 44.4 Å². The molecule has 0 unspecified atom stereocenters. The van der Waals surface area contributed by atoms with Crippen molar-refractivity contribution in [2.75, 3.05) is 14.1 Å². The van der Waals surface area contributed by atoms with Crippen LogP contribution in [0.2, 0.25) is 0 Å². The number of carbonyl (C=O) groups is 2. The Morgan fingerprint density at radius 3 is 2.35 bits per heavy atom. The predicted octanol–water partition coefficient (Wildman–Crippen LogP) is 0.237. The number of carbonyl (C=O) groups excluding carboxylic acids is 2. The second kappa shape index (κ2) is 6.23. The first-order chi connectivity index (χ1) is 10.8. The Hall–Kier alpha value is -2.03. The lowest BCUT2D eigenvalue weighted by Crippen LogP contribution is -2.38. The second-order valence-corrected chi connectivity index (χ2v) is 7.66. The monoisotopic (exact) mass is 344 g/mol. The lowest BCUT2D eigenvalue weighted by molar-refractivity contribution is -0.145. The zero-order chi connectivity index (χ0) is 17.3. The van der Waals surface area contributed by atoms with E-state index in [4.69, 9.17) is 4.74 Å². The number of hydrogen-bond acceptors (Lipinski definition) is 7. The maximum Gasteiger partial charge on any atom is 0.351 e. The third-order valence-electron chi connectivity index (χ3n) is 4.11. The van der Waals surface area contributed by atoms with Crippen LogP contribution in [-0.2, 0) is 24.2 Å². The largest absolute Gasteiger partial charge is 0.494 e. The number of ether oxygens (including phenoxy) is 1. The van der Waals surface area contributed by atoms with Crippen LogP contribution in [0.5, 0.6) is 0 Å². The summed E-state index contributed by atoms with van der Waals surface area (Å²) in [5, 5.41) is 14.4. The number of nitrogens with one attached hydrogen (secondary N) is 2. The van der Waals surface area contributed by atoms with Crippen molar-refractivity contribution in [3.05, 3.63) is 22.4 Å². The highest BCUT2D eigenvalue weighted by atomic mass is 32.2. The fraction of sp³-hybridized carbons (Fsp3) is 0.571. The van der Waals surface area contributed by atoms with Crippen LogP contribution < -0.4 is 10.6 Å². The minimum Gasteiger partial charge on any atom is -0.494 e. The van der Waals surface area contributed by atoms with Crippen LogP contribution in [0.15, 0.2) is 22.4 Å². The van der Waals surface area contributed by atoms with Crippen molar-refractivity contribution in [1.82, 2.24) is 10.6 Å². The smallest absolute Gasteiger partial charge is 0.351 e. The van der Waals surface area contributed by atoms with Gasteiger partial charge in [0.2, 0.25) is 14.8 Å². The van der Waals surface area contributed by atoms with Crippen molar-refractivity contribution in [1.29, 1.82) is 0 Å². The summed E-state index contributed by atoms with van der Waals surface area (Å²) < 4.78 is 30.7. The van der Waals surface area contributed by atoms with E-state index in [1.807, 2.05) is 0 Å². The zero-order valence-electron chi connectivity index (χ0n) is 13.0. The highest BCUT2D eigenvalue weighted by Crippen LogP contribution is 2.45. The maximum absolute atomic E-state index is 12.8. The number of aliphatic hydroxyl groups is 1. The van der Waals surface area contributed by atoms with Crippen LogP contribution in [0.25, 0.3) is 0 Å². The molecule has 0 aromatic carbocycles. The molecule has 1 saturated carbocycles. The van der Waals surface area contributed by atoms with Crippen molar-refractivity contribution < 1.29 is 27.9 Å².